The van der Waals surface area contributed by atoms with Crippen LogP contribution in [0.4, 0.5) is 16.2 Å². The van der Waals surface area contributed by atoms with Gasteiger partial charge in [0.05, 0.1) is 12.7 Å². The van der Waals surface area contributed by atoms with Crippen molar-refractivity contribution in [1.29, 1.82) is 0 Å². The molecule has 112 valence electrons. The van der Waals surface area contributed by atoms with Gasteiger partial charge in [-0.05, 0) is 36.2 Å². The lowest BCUT2D eigenvalue weighted by molar-refractivity contribution is 0.0989. The van der Waals surface area contributed by atoms with Crippen molar-refractivity contribution in [3.63, 3.8) is 0 Å². The zero-order chi connectivity index (χ0) is 15.5. The highest BCUT2D eigenvalue weighted by atomic mass is 16.5. The van der Waals surface area contributed by atoms with E-state index < -0.39 is 6.09 Å². The zero-order valence-electron chi connectivity index (χ0n) is 12.1. The van der Waals surface area contributed by atoms with Gasteiger partial charge >= 0.3 is 6.09 Å². The standard InChI is InChI=1S/C16H15N3O3/c1-22-16(21)18-13-5-4-11-6-8-19(14(11)9-13)15(20)12-3-2-7-17-10-12/h2-5,7,9-10H,6,8H2,1H3,(H,18,21). The van der Waals surface area contributed by atoms with E-state index >= 15 is 0 Å². The molecule has 1 aromatic carbocycles. The number of benzene rings is 1. The number of ether oxygens (including phenoxy) is 1. The number of nitrogens with one attached hydrogen (secondary N) is 1. The fourth-order valence-corrected chi connectivity index (χ4v) is 2.48. The maximum Gasteiger partial charge on any atom is 0.411 e. The Hall–Kier alpha value is -2.89. The van der Waals surface area contributed by atoms with Gasteiger partial charge in [0.2, 0.25) is 0 Å². The van der Waals surface area contributed by atoms with Crippen LogP contribution in [-0.2, 0) is 11.2 Å². The smallest absolute Gasteiger partial charge is 0.411 e. The average molecular weight is 297 g/mol. The second kappa shape index (κ2) is 5.85. The summed E-state index contributed by atoms with van der Waals surface area (Å²) in [7, 11) is 1.31. The third kappa shape index (κ3) is 2.63. The van der Waals surface area contributed by atoms with E-state index in [4.69, 9.17) is 0 Å². The van der Waals surface area contributed by atoms with E-state index in [-0.39, 0.29) is 5.91 Å². The van der Waals surface area contributed by atoms with Gasteiger partial charge in [0.15, 0.2) is 0 Å². The minimum absolute atomic E-state index is 0.0953. The molecule has 0 spiro atoms. The molecule has 2 amide bonds. The summed E-state index contributed by atoms with van der Waals surface area (Å²) in [6.07, 6.45) is 3.44. The van der Waals surface area contributed by atoms with Crippen LogP contribution in [0.3, 0.4) is 0 Å². The van der Waals surface area contributed by atoms with Crippen LogP contribution in [0.5, 0.6) is 0 Å². The number of carbonyl (C=O) groups is 2. The minimum atomic E-state index is -0.539. The molecule has 6 nitrogen and oxygen atoms in total. The fraction of sp³-hybridized carbons (Fsp3) is 0.188. The number of pyridine rings is 1. The van der Waals surface area contributed by atoms with Crippen LogP contribution in [0.1, 0.15) is 15.9 Å². The van der Waals surface area contributed by atoms with E-state index in [2.05, 4.69) is 15.0 Å². The summed E-state index contributed by atoms with van der Waals surface area (Å²) >= 11 is 0. The maximum absolute atomic E-state index is 12.6. The average Bonchev–Trinajstić information content (AvgIpc) is 2.98. The highest BCUT2D eigenvalue weighted by Crippen LogP contribution is 2.32. The van der Waals surface area contributed by atoms with E-state index in [1.165, 1.54) is 7.11 Å². The third-order valence-corrected chi connectivity index (χ3v) is 3.57. The molecule has 6 heteroatoms. The monoisotopic (exact) mass is 297 g/mol. The van der Waals surface area contributed by atoms with Crippen LogP contribution < -0.4 is 10.2 Å². The highest BCUT2D eigenvalue weighted by molar-refractivity contribution is 6.07. The molecule has 0 unspecified atom stereocenters. The Morgan fingerprint density at radius 2 is 2.18 bits per heavy atom. The van der Waals surface area contributed by atoms with Crippen LogP contribution in [-0.4, -0.2) is 30.6 Å². The van der Waals surface area contributed by atoms with Crippen molar-refractivity contribution in [2.24, 2.45) is 0 Å². The van der Waals surface area contributed by atoms with Crippen LogP contribution in [0.25, 0.3) is 0 Å². The summed E-state index contributed by atoms with van der Waals surface area (Å²) in [5, 5.41) is 2.61. The second-order valence-corrected chi connectivity index (χ2v) is 4.91. The molecule has 1 aromatic heterocycles. The largest absolute Gasteiger partial charge is 0.453 e. The Morgan fingerprint density at radius 1 is 1.32 bits per heavy atom. The third-order valence-electron chi connectivity index (χ3n) is 3.57. The van der Waals surface area contributed by atoms with E-state index in [1.54, 1.807) is 41.6 Å². The van der Waals surface area contributed by atoms with Crippen molar-refractivity contribution in [2.45, 2.75) is 6.42 Å². The molecular formula is C16H15N3O3. The molecule has 0 saturated heterocycles. The normalized spacial score (nSPS) is 12.7. The molecule has 1 aliphatic heterocycles. The SMILES string of the molecule is COC(=O)Nc1ccc2c(c1)N(C(=O)c1cccnc1)CC2. The summed E-state index contributed by atoms with van der Waals surface area (Å²) in [6, 6.07) is 8.97. The Balaban J connectivity index is 1.88. The number of hydrogen-bond acceptors (Lipinski definition) is 4. The molecule has 22 heavy (non-hydrogen) atoms. The highest BCUT2D eigenvalue weighted by Gasteiger charge is 2.26. The van der Waals surface area contributed by atoms with Crippen molar-refractivity contribution in [3.8, 4) is 0 Å². The van der Waals surface area contributed by atoms with Gasteiger partial charge in [0.25, 0.3) is 5.91 Å². The van der Waals surface area contributed by atoms with Gasteiger partial charge in [-0.15, -0.1) is 0 Å². The molecule has 2 heterocycles. The predicted octanol–water partition coefficient (Wildman–Crippen LogP) is 2.46. The van der Waals surface area contributed by atoms with Crippen LogP contribution in [0.15, 0.2) is 42.7 Å². The molecule has 3 rings (SSSR count). The number of methoxy groups -OCH3 is 1. The fourth-order valence-electron chi connectivity index (χ4n) is 2.48. The Bertz CT molecular complexity index is 716. The molecule has 1 aliphatic rings. The van der Waals surface area contributed by atoms with Gasteiger partial charge in [0, 0.05) is 30.3 Å². The van der Waals surface area contributed by atoms with Crippen molar-refractivity contribution in [1.82, 2.24) is 4.98 Å². The lowest BCUT2D eigenvalue weighted by Gasteiger charge is -2.18. The summed E-state index contributed by atoms with van der Waals surface area (Å²) in [4.78, 5) is 29.6. The number of fused-ring (bicyclic) bond motifs is 1. The first-order valence-electron chi connectivity index (χ1n) is 6.89. The van der Waals surface area contributed by atoms with Gasteiger partial charge in [-0.2, -0.15) is 0 Å². The molecule has 0 atom stereocenters. The summed E-state index contributed by atoms with van der Waals surface area (Å²) in [6.45, 7) is 0.616. The number of aromatic nitrogens is 1. The summed E-state index contributed by atoms with van der Waals surface area (Å²) < 4.78 is 4.58. The second-order valence-electron chi connectivity index (χ2n) is 4.91. The number of rotatable bonds is 2. The number of carbonyl (C=O) groups excluding carboxylic acids is 2. The van der Waals surface area contributed by atoms with Gasteiger partial charge in [-0.25, -0.2) is 4.79 Å². The number of anilines is 2. The number of nitrogens with zero attached hydrogens (tertiary/aromatic N) is 2. The van der Waals surface area contributed by atoms with E-state index in [0.29, 0.717) is 17.8 Å². The minimum Gasteiger partial charge on any atom is -0.453 e. The van der Waals surface area contributed by atoms with E-state index in [0.717, 1.165) is 17.7 Å². The molecule has 0 bridgehead atoms. The zero-order valence-corrected chi connectivity index (χ0v) is 12.1. The molecule has 0 fully saturated rings. The first kappa shape index (κ1) is 14.1. The molecule has 0 radical (unpaired) electrons. The summed E-state index contributed by atoms with van der Waals surface area (Å²) in [5.41, 5.74) is 3.02. The van der Waals surface area contributed by atoms with E-state index in [1.807, 2.05) is 6.07 Å². The summed E-state index contributed by atoms with van der Waals surface area (Å²) in [5.74, 6) is -0.0953. The van der Waals surface area contributed by atoms with Crippen LogP contribution in [0, 0.1) is 0 Å². The number of hydrogen-bond donors (Lipinski definition) is 1. The van der Waals surface area contributed by atoms with Crippen molar-refractivity contribution in [3.05, 3.63) is 53.9 Å². The maximum atomic E-state index is 12.6. The van der Waals surface area contributed by atoms with Crippen LogP contribution >= 0.6 is 0 Å². The Labute approximate surface area is 127 Å². The number of amides is 2. The molecular weight excluding hydrogens is 282 g/mol. The topological polar surface area (TPSA) is 71.5 Å². The Morgan fingerprint density at radius 3 is 2.91 bits per heavy atom. The van der Waals surface area contributed by atoms with Gasteiger partial charge in [0.1, 0.15) is 0 Å². The van der Waals surface area contributed by atoms with Crippen LogP contribution in [0.2, 0.25) is 0 Å². The first-order valence-corrected chi connectivity index (χ1v) is 6.89. The van der Waals surface area contributed by atoms with Gasteiger partial charge in [-0.3, -0.25) is 15.1 Å². The first-order chi connectivity index (χ1) is 10.7. The molecule has 1 N–H and O–H groups in total. The van der Waals surface area contributed by atoms with Gasteiger partial charge < -0.3 is 9.64 Å². The lowest BCUT2D eigenvalue weighted by atomic mass is 10.1. The predicted molar refractivity (Wildman–Crippen MR) is 82.1 cm³/mol. The molecule has 2 aromatic rings. The Kier molecular flexibility index (Phi) is 3.74. The molecule has 0 saturated carbocycles. The quantitative estimate of drug-likeness (QED) is 0.924. The van der Waals surface area contributed by atoms with Crippen molar-refractivity contribution < 1.29 is 14.3 Å². The van der Waals surface area contributed by atoms with Gasteiger partial charge in [-0.1, -0.05) is 6.07 Å². The van der Waals surface area contributed by atoms with Crippen molar-refractivity contribution >= 4 is 23.4 Å². The van der Waals surface area contributed by atoms with Crippen molar-refractivity contribution in [2.75, 3.05) is 23.9 Å². The molecule has 0 aliphatic carbocycles. The van der Waals surface area contributed by atoms with E-state index in [9.17, 15) is 9.59 Å². The lowest BCUT2D eigenvalue weighted by Crippen LogP contribution is -2.29.